The lowest BCUT2D eigenvalue weighted by molar-refractivity contribution is -0.141. The number of carboxylic acids is 2. The molecule has 160 valence electrons. The number of carbonyl (C=O) groups excluding carboxylic acids is 2. The van der Waals surface area contributed by atoms with Gasteiger partial charge in [-0.3, -0.25) is 29.0 Å². The van der Waals surface area contributed by atoms with Crippen molar-refractivity contribution in [2.45, 2.75) is 26.2 Å². The van der Waals surface area contributed by atoms with E-state index in [9.17, 15) is 19.2 Å². The van der Waals surface area contributed by atoms with Crippen molar-refractivity contribution < 1.29 is 29.4 Å². The van der Waals surface area contributed by atoms with Crippen LogP contribution in [0.1, 0.15) is 26.2 Å². The van der Waals surface area contributed by atoms with Crippen LogP contribution in [-0.4, -0.2) is 120 Å². The average Bonchev–Trinajstić information content (AvgIpc) is 2.63. The van der Waals surface area contributed by atoms with Gasteiger partial charge in [0.2, 0.25) is 11.8 Å². The summed E-state index contributed by atoms with van der Waals surface area (Å²) >= 11 is 0. The number of hydrogen-bond donors (Lipinski definition) is 2. The Hall–Kier alpha value is -2.20. The first-order valence-electron chi connectivity index (χ1n) is 9.63. The Balaban J connectivity index is 2.42. The molecule has 1 heterocycles. The molecule has 10 heteroatoms. The molecule has 2 N–H and O–H groups in total. The Morgan fingerprint density at radius 3 is 1.75 bits per heavy atom. The smallest absolute Gasteiger partial charge is 0.317 e. The molecule has 10 nitrogen and oxygen atoms in total. The highest BCUT2D eigenvalue weighted by Crippen LogP contribution is 2.07. The molecule has 0 aromatic rings. The first kappa shape index (κ1) is 23.8. The molecular formula is C18H32N4O6. The van der Waals surface area contributed by atoms with Crippen LogP contribution in [0.15, 0.2) is 0 Å². The number of rotatable bonds is 12. The van der Waals surface area contributed by atoms with Gasteiger partial charge in [0.15, 0.2) is 0 Å². The van der Waals surface area contributed by atoms with Gasteiger partial charge in [-0.25, -0.2) is 0 Å². The second kappa shape index (κ2) is 12.3. The minimum atomic E-state index is -0.989. The lowest BCUT2D eigenvalue weighted by Gasteiger charge is -2.35. The quantitative estimate of drug-likeness (QED) is 0.439. The molecule has 0 aromatic carbocycles. The van der Waals surface area contributed by atoms with E-state index < -0.39 is 11.9 Å². The van der Waals surface area contributed by atoms with Crippen molar-refractivity contribution in [2.24, 2.45) is 0 Å². The molecule has 0 bridgehead atoms. The molecule has 1 rings (SSSR count). The maximum atomic E-state index is 12.4. The Morgan fingerprint density at radius 1 is 0.786 bits per heavy atom. The van der Waals surface area contributed by atoms with E-state index in [1.807, 2.05) is 6.92 Å². The van der Waals surface area contributed by atoms with Gasteiger partial charge in [0.05, 0.1) is 13.1 Å². The van der Waals surface area contributed by atoms with Crippen molar-refractivity contribution in [2.75, 3.05) is 66.0 Å². The van der Waals surface area contributed by atoms with Crippen molar-refractivity contribution >= 4 is 23.8 Å². The zero-order chi connectivity index (χ0) is 21.1. The lowest BCUT2D eigenvalue weighted by atomic mass is 10.2. The van der Waals surface area contributed by atoms with Gasteiger partial charge in [-0.05, 0) is 13.5 Å². The summed E-state index contributed by atoms with van der Waals surface area (Å²) in [5.41, 5.74) is 0. The van der Waals surface area contributed by atoms with Crippen molar-refractivity contribution in [3.63, 3.8) is 0 Å². The summed E-state index contributed by atoms with van der Waals surface area (Å²) in [5.74, 6) is -1.88. The summed E-state index contributed by atoms with van der Waals surface area (Å²) in [7, 11) is 1.65. The van der Waals surface area contributed by atoms with Crippen molar-refractivity contribution in [1.29, 1.82) is 0 Å². The predicted octanol–water partition coefficient (Wildman–Crippen LogP) is -0.750. The highest BCUT2D eigenvalue weighted by atomic mass is 16.4. The maximum Gasteiger partial charge on any atom is 0.317 e. The molecule has 0 atom stereocenters. The van der Waals surface area contributed by atoms with Crippen LogP contribution in [0.3, 0.4) is 0 Å². The second-order valence-corrected chi connectivity index (χ2v) is 7.06. The van der Waals surface area contributed by atoms with Gasteiger partial charge in [-0.15, -0.1) is 0 Å². The number of likely N-dealkylation sites (N-methyl/N-ethyl adjacent to an activating group) is 1. The molecule has 1 aliphatic rings. The van der Waals surface area contributed by atoms with E-state index in [-0.39, 0.29) is 31.3 Å². The number of nitrogens with zero attached hydrogens (tertiary/aromatic N) is 4. The summed E-state index contributed by atoms with van der Waals surface area (Å²) in [5, 5.41) is 17.8. The van der Waals surface area contributed by atoms with E-state index in [1.165, 1.54) is 0 Å². The molecule has 0 saturated carbocycles. The van der Waals surface area contributed by atoms with E-state index in [1.54, 1.807) is 26.6 Å². The van der Waals surface area contributed by atoms with Crippen molar-refractivity contribution in [1.82, 2.24) is 19.6 Å². The molecule has 1 saturated heterocycles. The number of piperazine rings is 1. The molecular weight excluding hydrogens is 368 g/mol. The average molecular weight is 400 g/mol. The van der Waals surface area contributed by atoms with Crippen LogP contribution in [0.25, 0.3) is 0 Å². The van der Waals surface area contributed by atoms with Crippen LogP contribution in [0.5, 0.6) is 0 Å². The first-order valence-corrected chi connectivity index (χ1v) is 9.63. The second-order valence-electron chi connectivity index (χ2n) is 7.06. The summed E-state index contributed by atoms with van der Waals surface area (Å²) in [6.45, 7) is 4.74. The number of hydrogen-bond acceptors (Lipinski definition) is 6. The maximum absolute atomic E-state index is 12.4. The van der Waals surface area contributed by atoms with E-state index in [0.717, 1.165) is 6.42 Å². The van der Waals surface area contributed by atoms with Crippen LogP contribution < -0.4 is 0 Å². The summed E-state index contributed by atoms with van der Waals surface area (Å²) < 4.78 is 0. The third-order valence-corrected chi connectivity index (χ3v) is 4.65. The molecule has 0 unspecified atom stereocenters. The van der Waals surface area contributed by atoms with E-state index >= 15 is 0 Å². The number of amides is 2. The third-order valence-electron chi connectivity index (χ3n) is 4.65. The highest BCUT2D eigenvalue weighted by Gasteiger charge is 2.24. The van der Waals surface area contributed by atoms with Gasteiger partial charge < -0.3 is 20.0 Å². The molecule has 0 radical (unpaired) electrons. The van der Waals surface area contributed by atoms with Gasteiger partial charge in [0.1, 0.15) is 0 Å². The Morgan fingerprint density at radius 2 is 1.29 bits per heavy atom. The Labute approximate surface area is 165 Å². The van der Waals surface area contributed by atoms with Crippen molar-refractivity contribution in [3.8, 4) is 0 Å². The fourth-order valence-corrected chi connectivity index (χ4v) is 3.07. The number of carbonyl (C=O) groups is 4. The molecule has 1 fully saturated rings. The van der Waals surface area contributed by atoms with Crippen LogP contribution >= 0.6 is 0 Å². The van der Waals surface area contributed by atoms with Crippen LogP contribution in [0.2, 0.25) is 0 Å². The third kappa shape index (κ3) is 9.14. The predicted molar refractivity (Wildman–Crippen MR) is 102 cm³/mol. The molecule has 2 amide bonds. The molecule has 0 aromatic heterocycles. The monoisotopic (exact) mass is 400 g/mol. The topological polar surface area (TPSA) is 122 Å². The Bertz CT molecular complexity index is 548. The number of carboxylic acid groups (broad SMARTS) is 2. The standard InChI is InChI=1S/C18H32N4O6/c1-3-4-15(23)21-9-11-22(12-10-21)16(24)5-6-20(14-18(27)28)8-7-19(2)13-17(25)26/h3-14H2,1-2H3,(H,25,26)(H,27,28). The minimum absolute atomic E-state index is 0.0585. The van der Waals surface area contributed by atoms with Crippen LogP contribution in [-0.2, 0) is 19.2 Å². The fraction of sp³-hybridized carbons (Fsp3) is 0.778. The van der Waals surface area contributed by atoms with Gasteiger partial charge in [-0.2, -0.15) is 0 Å². The summed E-state index contributed by atoms with van der Waals surface area (Å²) in [4.78, 5) is 52.8. The van der Waals surface area contributed by atoms with E-state index in [2.05, 4.69) is 0 Å². The van der Waals surface area contributed by atoms with Gasteiger partial charge in [-0.1, -0.05) is 6.92 Å². The zero-order valence-corrected chi connectivity index (χ0v) is 16.8. The van der Waals surface area contributed by atoms with E-state index in [0.29, 0.717) is 52.2 Å². The highest BCUT2D eigenvalue weighted by molar-refractivity contribution is 5.78. The normalized spacial score (nSPS) is 14.6. The SMILES string of the molecule is CCCC(=O)N1CCN(C(=O)CCN(CCN(C)CC(=O)O)CC(=O)O)CC1. The van der Waals surface area contributed by atoms with Gasteiger partial charge >= 0.3 is 11.9 Å². The van der Waals surface area contributed by atoms with Crippen LogP contribution in [0, 0.1) is 0 Å². The zero-order valence-electron chi connectivity index (χ0n) is 16.8. The molecule has 1 aliphatic heterocycles. The van der Waals surface area contributed by atoms with E-state index in [4.69, 9.17) is 10.2 Å². The fourth-order valence-electron chi connectivity index (χ4n) is 3.07. The molecule has 28 heavy (non-hydrogen) atoms. The Kier molecular flexibility index (Phi) is 10.5. The summed E-state index contributed by atoms with van der Waals surface area (Å²) in [6.07, 6.45) is 1.52. The largest absolute Gasteiger partial charge is 0.480 e. The number of aliphatic carboxylic acids is 2. The minimum Gasteiger partial charge on any atom is -0.480 e. The first-order chi connectivity index (χ1) is 13.2. The van der Waals surface area contributed by atoms with Crippen LogP contribution in [0.4, 0.5) is 0 Å². The van der Waals surface area contributed by atoms with Crippen molar-refractivity contribution in [3.05, 3.63) is 0 Å². The molecule has 0 spiro atoms. The van der Waals surface area contributed by atoms with Gasteiger partial charge in [0.25, 0.3) is 0 Å². The molecule has 0 aliphatic carbocycles. The lowest BCUT2D eigenvalue weighted by Crippen LogP contribution is -2.51. The summed E-state index contributed by atoms with van der Waals surface area (Å²) in [6, 6.07) is 0. The van der Waals surface area contributed by atoms with Gasteiger partial charge in [0, 0.05) is 58.7 Å².